The van der Waals surface area contributed by atoms with Gasteiger partial charge in [-0.15, -0.1) is 0 Å². The lowest BCUT2D eigenvalue weighted by Gasteiger charge is -2.05. The van der Waals surface area contributed by atoms with Crippen molar-refractivity contribution in [1.29, 1.82) is 0 Å². The first-order chi connectivity index (χ1) is 8.22. The van der Waals surface area contributed by atoms with E-state index >= 15 is 0 Å². The van der Waals surface area contributed by atoms with Gasteiger partial charge in [0.25, 0.3) is 0 Å². The highest BCUT2D eigenvalue weighted by molar-refractivity contribution is 5.93. The summed E-state index contributed by atoms with van der Waals surface area (Å²) in [5.74, 6) is -0.360. The molecule has 1 aromatic heterocycles. The number of hydrogen-bond acceptors (Lipinski definition) is 4. The minimum absolute atomic E-state index is 0.00910. The topological polar surface area (TPSA) is 72.3 Å². The Kier molecular flexibility index (Phi) is 3.00. The van der Waals surface area contributed by atoms with Crippen LogP contribution in [0.4, 0.5) is 0 Å². The zero-order valence-electron chi connectivity index (χ0n) is 9.12. The summed E-state index contributed by atoms with van der Waals surface area (Å²) in [4.78, 5) is 18.6. The molecule has 0 aliphatic rings. The molecule has 5 nitrogen and oxygen atoms in total. The van der Waals surface area contributed by atoms with E-state index in [1.54, 1.807) is 31.4 Å². The number of carboxylic acids is 1. The largest absolute Gasteiger partial charge is 0.497 e. The van der Waals surface area contributed by atoms with Crippen molar-refractivity contribution in [2.24, 2.45) is 0 Å². The predicted octanol–water partition coefficient (Wildman–Crippen LogP) is 1.85. The summed E-state index contributed by atoms with van der Waals surface area (Å²) in [7, 11) is 1.57. The van der Waals surface area contributed by atoms with Crippen LogP contribution in [0.25, 0.3) is 11.1 Å². The van der Waals surface area contributed by atoms with Crippen LogP contribution < -0.4 is 4.74 Å². The van der Waals surface area contributed by atoms with E-state index in [4.69, 9.17) is 9.84 Å². The Labute approximate surface area is 97.7 Å². The minimum atomic E-state index is -1.07. The van der Waals surface area contributed by atoms with Crippen LogP contribution in [0.2, 0.25) is 0 Å². The summed E-state index contributed by atoms with van der Waals surface area (Å²) in [5.41, 5.74) is 1.22. The van der Waals surface area contributed by atoms with Gasteiger partial charge in [0.2, 0.25) is 0 Å². The minimum Gasteiger partial charge on any atom is -0.497 e. The molecule has 0 aliphatic carbocycles. The SMILES string of the molecule is COc1ccc(-c2cncnc2C(=O)O)cc1. The number of carboxylic acid groups (broad SMARTS) is 1. The van der Waals surface area contributed by atoms with Gasteiger partial charge in [-0.1, -0.05) is 12.1 Å². The Morgan fingerprint density at radius 3 is 2.59 bits per heavy atom. The molecule has 0 amide bonds. The number of methoxy groups -OCH3 is 1. The molecule has 17 heavy (non-hydrogen) atoms. The molecule has 5 heteroatoms. The Balaban J connectivity index is 2.48. The maximum absolute atomic E-state index is 11.0. The Hall–Kier alpha value is -2.43. The van der Waals surface area contributed by atoms with Crippen LogP contribution in [0.1, 0.15) is 10.5 Å². The van der Waals surface area contributed by atoms with Crippen LogP contribution in [0, 0.1) is 0 Å². The molecule has 0 atom stereocenters. The van der Waals surface area contributed by atoms with Crippen molar-refractivity contribution >= 4 is 5.97 Å². The number of rotatable bonds is 3. The first-order valence-electron chi connectivity index (χ1n) is 4.90. The molecule has 0 bridgehead atoms. The van der Waals surface area contributed by atoms with Gasteiger partial charge in [0.05, 0.1) is 7.11 Å². The highest BCUT2D eigenvalue weighted by Crippen LogP contribution is 2.23. The van der Waals surface area contributed by atoms with E-state index in [1.165, 1.54) is 12.5 Å². The second-order valence-corrected chi connectivity index (χ2v) is 3.32. The van der Waals surface area contributed by atoms with Crippen LogP contribution in [-0.4, -0.2) is 28.2 Å². The highest BCUT2D eigenvalue weighted by atomic mass is 16.5. The molecule has 0 radical (unpaired) electrons. The van der Waals surface area contributed by atoms with E-state index in [-0.39, 0.29) is 5.69 Å². The fourth-order valence-electron chi connectivity index (χ4n) is 1.48. The number of aromatic carboxylic acids is 1. The Bertz CT molecular complexity index is 538. The van der Waals surface area contributed by atoms with E-state index in [2.05, 4.69) is 9.97 Å². The molecule has 0 unspecified atom stereocenters. The maximum Gasteiger partial charge on any atom is 0.355 e. The first kappa shape index (κ1) is 11.1. The summed E-state index contributed by atoms with van der Waals surface area (Å²) >= 11 is 0. The Morgan fingerprint density at radius 1 is 1.29 bits per heavy atom. The number of carbonyl (C=O) groups is 1. The normalized spacial score (nSPS) is 9.94. The van der Waals surface area contributed by atoms with Crippen molar-refractivity contribution in [2.75, 3.05) is 7.11 Å². The third kappa shape index (κ3) is 2.23. The van der Waals surface area contributed by atoms with Crippen LogP contribution in [0.5, 0.6) is 5.75 Å². The summed E-state index contributed by atoms with van der Waals surface area (Å²) in [6, 6.07) is 7.05. The molecular weight excluding hydrogens is 220 g/mol. The van der Waals surface area contributed by atoms with Crippen molar-refractivity contribution in [2.45, 2.75) is 0 Å². The molecule has 0 fully saturated rings. The van der Waals surface area contributed by atoms with Gasteiger partial charge >= 0.3 is 5.97 Å². The monoisotopic (exact) mass is 230 g/mol. The zero-order chi connectivity index (χ0) is 12.3. The van der Waals surface area contributed by atoms with Crippen molar-refractivity contribution in [3.05, 3.63) is 42.5 Å². The predicted molar refractivity (Wildman–Crippen MR) is 61.0 cm³/mol. The van der Waals surface area contributed by atoms with Gasteiger partial charge in [-0.05, 0) is 17.7 Å². The first-order valence-corrected chi connectivity index (χ1v) is 4.90. The average Bonchev–Trinajstić information content (AvgIpc) is 2.39. The van der Waals surface area contributed by atoms with Gasteiger partial charge in [0.15, 0.2) is 5.69 Å². The number of benzene rings is 1. The van der Waals surface area contributed by atoms with Crippen LogP contribution in [0.3, 0.4) is 0 Å². The third-order valence-corrected chi connectivity index (χ3v) is 2.32. The lowest BCUT2D eigenvalue weighted by atomic mass is 10.1. The quantitative estimate of drug-likeness (QED) is 0.871. The van der Waals surface area contributed by atoms with Crippen molar-refractivity contribution < 1.29 is 14.6 Å². The van der Waals surface area contributed by atoms with Gasteiger partial charge in [0, 0.05) is 11.8 Å². The van der Waals surface area contributed by atoms with E-state index < -0.39 is 5.97 Å². The molecule has 86 valence electrons. The second-order valence-electron chi connectivity index (χ2n) is 3.32. The van der Waals surface area contributed by atoms with Gasteiger partial charge in [-0.2, -0.15) is 0 Å². The fraction of sp³-hybridized carbons (Fsp3) is 0.0833. The van der Waals surface area contributed by atoms with E-state index in [0.29, 0.717) is 11.3 Å². The van der Waals surface area contributed by atoms with Crippen molar-refractivity contribution in [3.63, 3.8) is 0 Å². The molecule has 0 spiro atoms. The number of ether oxygens (including phenoxy) is 1. The molecule has 0 saturated heterocycles. The van der Waals surface area contributed by atoms with Gasteiger partial charge < -0.3 is 9.84 Å². The van der Waals surface area contributed by atoms with Crippen molar-refractivity contribution in [3.8, 4) is 16.9 Å². The molecule has 0 aliphatic heterocycles. The molecule has 0 saturated carbocycles. The molecule has 1 heterocycles. The van der Waals surface area contributed by atoms with Gasteiger partial charge in [-0.3, -0.25) is 0 Å². The highest BCUT2D eigenvalue weighted by Gasteiger charge is 2.12. The molecule has 2 rings (SSSR count). The van der Waals surface area contributed by atoms with E-state index in [9.17, 15) is 4.79 Å². The number of hydrogen-bond donors (Lipinski definition) is 1. The summed E-state index contributed by atoms with van der Waals surface area (Å²) in [6.45, 7) is 0. The zero-order valence-corrected chi connectivity index (χ0v) is 9.12. The van der Waals surface area contributed by atoms with Crippen LogP contribution in [-0.2, 0) is 0 Å². The second kappa shape index (κ2) is 4.61. The smallest absolute Gasteiger partial charge is 0.355 e. The summed E-state index contributed by atoms with van der Waals surface area (Å²) in [6.07, 6.45) is 2.70. The van der Waals surface area contributed by atoms with E-state index in [0.717, 1.165) is 5.56 Å². The fourth-order valence-corrected chi connectivity index (χ4v) is 1.48. The summed E-state index contributed by atoms with van der Waals surface area (Å²) in [5, 5.41) is 9.01. The standard InChI is InChI=1S/C12H10N2O3/c1-17-9-4-2-8(3-5-9)10-6-13-7-14-11(10)12(15)16/h2-7H,1H3,(H,15,16). The summed E-state index contributed by atoms with van der Waals surface area (Å²) < 4.78 is 5.04. The lowest BCUT2D eigenvalue weighted by Crippen LogP contribution is -2.03. The molecule has 1 N–H and O–H groups in total. The third-order valence-electron chi connectivity index (χ3n) is 2.32. The van der Waals surface area contributed by atoms with Crippen LogP contribution >= 0.6 is 0 Å². The number of aromatic nitrogens is 2. The van der Waals surface area contributed by atoms with Crippen molar-refractivity contribution in [1.82, 2.24) is 9.97 Å². The Morgan fingerprint density at radius 2 is 2.00 bits per heavy atom. The van der Waals surface area contributed by atoms with Gasteiger partial charge in [0.1, 0.15) is 12.1 Å². The molecule has 2 aromatic rings. The van der Waals surface area contributed by atoms with E-state index in [1.807, 2.05) is 0 Å². The maximum atomic E-state index is 11.0. The lowest BCUT2D eigenvalue weighted by molar-refractivity contribution is 0.0691. The molecular formula is C12H10N2O3. The number of nitrogens with zero attached hydrogens (tertiary/aromatic N) is 2. The van der Waals surface area contributed by atoms with Crippen LogP contribution in [0.15, 0.2) is 36.8 Å². The average molecular weight is 230 g/mol. The van der Waals surface area contributed by atoms with Gasteiger partial charge in [-0.25, -0.2) is 14.8 Å². The molecule has 1 aromatic carbocycles.